The lowest BCUT2D eigenvalue weighted by atomic mass is 10.1. The third kappa shape index (κ3) is 3.96. The van der Waals surface area contributed by atoms with E-state index in [-0.39, 0.29) is 18.7 Å². The molecular formula is C15H21NO3. The van der Waals surface area contributed by atoms with Gasteiger partial charge in [0.1, 0.15) is 6.61 Å². The molecule has 1 aromatic carbocycles. The quantitative estimate of drug-likeness (QED) is 0.892. The largest absolute Gasteiger partial charge is 0.445 e. The lowest BCUT2D eigenvalue weighted by Gasteiger charge is -2.27. The van der Waals surface area contributed by atoms with Gasteiger partial charge in [-0.1, -0.05) is 30.3 Å². The predicted molar refractivity (Wildman–Crippen MR) is 72.7 cm³/mol. The summed E-state index contributed by atoms with van der Waals surface area (Å²) in [4.78, 5) is 13.7. The molecule has 1 aliphatic heterocycles. The number of amides is 1. The van der Waals surface area contributed by atoms with Crippen LogP contribution >= 0.6 is 0 Å². The minimum Gasteiger partial charge on any atom is -0.445 e. The summed E-state index contributed by atoms with van der Waals surface area (Å²) in [5.74, 6) is 0. The Kier molecular flexibility index (Phi) is 4.80. The van der Waals surface area contributed by atoms with Crippen LogP contribution in [-0.4, -0.2) is 34.8 Å². The van der Waals surface area contributed by atoms with Crippen molar-refractivity contribution in [2.24, 2.45) is 0 Å². The molecule has 1 saturated heterocycles. The molecule has 19 heavy (non-hydrogen) atoms. The van der Waals surface area contributed by atoms with E-state index in [2.05, 4.69) is 0 Å². The Labute approximate surface area is 114 Å². The Bertz CT molecular complexity index is 407. The highest BCUT2D eigenvalue weighted by molar-refractivity contribution is 5.68. The molecule has 0 aliphatic carbocycles. The van der Waals surface area contributed by atoms with Crippen LogP contribution < -0.4 is 0 Å². The summed E-state index contributed by atoms with van der Waals surface area (Å²) in [7, 11) is 0. The Morgan fingerprint density at radius 3 is 2.84 bits per heavy atom. The Morgan fingerprint density at radius 1 is 1.37 bits per heavy atom. The highest BCUT2D eigenvalue weighted by Gasteiger charge is 2.26. The van der Waals surface area contributed by atoms with Gasteiger partial charge in [0.25, 0.3) is 0 Å². The van der Waals surface area contributed by atoms with E-state index in [4.69, 9.17) is 4.74 Å². The molecule has 1 heterocycles. The van der Waals surface area contributed by atoms with Crippen molar-refractivity contribution >= 4 is 6.09 Å². The van der Waals surface area contributed by atoms with Crippen molar-refractivity contribution < 1.29 is 14.6 Å². The molecule has 0 saturated carbocycles. The minimum absolute atomic E-state index is 0.125. The summed E-state index contributed by atoms with van der Waals surface area (Å²) in [6.45, 7) is 2.65. The second kappa shape index (κ2) is 6.57. The van der Waals surface area contributed by atoms with E-state index < -0.39 is 6.10 Å². The topological polar surface area (TPSA) is 49.8 Å². The first-order valence-corrected chi connectivity index (χ1v) is 6.82. The number of carbonyl (C=O) groups excluding carboxylic acids is 1. The van der Waals surface area contributed by atoms with Crippen LogP contribution in [0.5, 0.6) is 0 Å². The smallest absolute Gasteiger partial charge is 0.410 e. The molecule has 1 amide bonds. The number of hydrogen-bond acceptors (Lipinski definition) is 3. The zero-order valence-electron chi connectivity index (χ0n) is 11.3. The number of likely N-dealkylation sites (tertiary alicyclic amines) is 1. The molecule has 0 spiro atoms. The minimum atomic E-state index is -0.436. The molecule has 0 radical (unpaired) electrons. The van der Waals surface area contributed by atoms with Crippen molar-refractivity contribution in [3.8, 4) is 0 Å². The second-order valence-electron chi connectivity index (χ2n) is 5.13. The molecule has 0 bridgehead atoms. The van der Waals surface area contributed by atoms with Crippen LogP contribution in [0.2, 0.25) is 0 Å². The van der Waals surface area contributed by atoms with Crippen LogP contribution in [0, 0.1) is 0 Å². The molecule has 2 rings (SSSR count). The Hall–Kier alpha value is -1.55. The first-order valence-electron chi connectivity index (χ1n) is 6.82. The van der Waals surface area contributed by atoms with Crippen molar-refractivity contribution in [3.05, 3.63) is 35.9 Å². The van der Waals surface area contributed by atoms with Crippen LogP contribution in [0.15, 0.2) is 30.3 Å². The number of nitrogens with zero attached hydrogens (tertiary/aromatic N) is 1. The molecule has 4 nitrogen and oxygen atoms in total. The van der Waals surface area contributed by atoms with Crippen LogP contribution in [-0.2, 0) is 11.3 Å². The maximum Gasteiger partial charge on any atom is 0.410 e. The van der Waals surface area contributed by atoms with Gasteiger partial charge in [0, 0.05) is 6.04 Å². The Balaban J connectivity index is 1.91. The summed E-state index contributed by atoms with van der Waals surface area (Å²) in [5.41, 5.74) is 0.971. The summed E-state index contributed by atoms with van der Waals surface area (Å²) in [6.07, 6.45) is 1.85. The number of aliphatic hydroxyl groups excluding tert-OH is 1. The standard InChI is InChI=1S/C15H21NO3/c1-12-6-5-9-14(17)10-16(12)15(18)19-11-13-7-3-2-4-8-13/h2-4,7-8,12,14,17H,5-6,9-11H2,1H3/t12-,14-/m1/s1. The van der Waals surface area contributed by atoms with Crippen molar-refractivity contribution in [1.29, 1.82) is 0 Å². The fraction of sp³-hybridized carbons (Fsp3) is 0.533. The van der Waals surface area contributed by atoms with Gasteiger partial charge in [0.15, 0.2) is 0 Å². The summed E-state index contributed by atoms with van der Waals surface area (Å²) in [5, 5.41) is 9.76. The summed E-state index contributed by atoms with van der Waals surface area (Å²) >= 11 is 0. The third-order valence-corrected chi connectivity index (χ3v) is 3.54. The maximum absolute atomic E-state index is 12.1. The Morgan fingerprint density at radius 2 is 2.11 bits per heavy atom. The van der Waals surface area contributed by atoms with Gasteiger partial charge in [-0.15, -0.1) is 0 Å². The van der Waals surface area contributed by atoms with E-state index in [1.165, 1.54) is 0 Å². The lowest BCUT2D eigenvalue weighted by Crippen LogP contribution is -2.41. The monoisotopic (exact) mass is 263 g/mol. The normalized spacial score (nSPS) is 23.8. The first kappa shape index (κ1) is 13.9. The fourth-order valence-corrected chi connectivity index (χ4v) is 2.36. The van der Waals surface area contributed by atoms with Crippen molar-refractivity contribution in [2.45, 2.75) is 44.9 Å². The van der Waals surface area contributed by atoms with E-state index in [9.17, 15) is 9.90 Å². The van der Waals surface area contributed by atoms with Gasteiger partial charge in [-0.25, -0.2) is 4.79 Å². The van der Waals surface area contributed by atoms with Crippen LogP contribution in [0.1, 0.15) is 31.7 Å². The average Bonchev–Trinajstić information content (AvgIpc) is 2.59. The van der Waals surface area contributed by atoms with E-state index in [1.54, 1.807) is 4.90 Å². The number of carbonyl (C=O) groups is 1. The van der Waals surface area contributed by atoms with Gasteiger partial charge in [0.2, 0.25) is 0 Å². The fourth-order valence-electron chi connectivity index (χ4n) is 2.36. The second-order valence-corrected chi connectivity index (χ2v) is 5.13. The maximum atomic E-state index is 12.1. The van der Waals surface area contributed by atoms with Crippen LogP contribution in [0.3, 0.4) is 0 Å². The van der Waals surface area contributed by atoms with E-state index in [0.717, 1.165) is 24.8 Å². The molecule has 1 aromatic rings. The molecule has 0 aromatic heterocycles. The molecule has 0 unspecified atom stereocenters. The van der Waals surface area contributed by atoms with Gasteiger partial charge in [-0.05, 0) is 31.7 Å². The number of aliphatic hydroxyl groups is 1. The third-order valence-electron chi connectivity index (χ3n) is 3.54. The van der Waals surface area contributed by atoms with Crippen molar-refractivity contribution in [3.63, 3.8) is 0 Å². The zero-order valence-corrected chi connectivity index (χ0v) is 11.3. The zero-order chi connectivity index (χ0) is 13.7. The van der Waals surface area contributed by atoms with E-state index in [1.807, 2.05) is 37.3 Å². The molecule has 1 aliphatic rings. The predicted octanol–water partition coefficient (Wildman–Crippen LogP) is 2.56. The molecule has 4 heteroatoms. The molecular weight excluding hydrogens is 242 g/mol. The molecule has 104 valence electrons. The first-order chi connectivity index (χ1) is 9.16. The van der Waals surface area contributed by atoms with Gasteiger partial charge >= 0.3 is 6.09 Å². The number of rotatable bonds is 2. The molecule has 2 atom stereocenters. The van der Waals surface area contributed by atoms with Gasteiger partial charge in [-0.3, -0.25) is 0 Å². The number of hydrogen-bond donors (Lipinski definition) is 1. The molecule has 1 N–H and O–H groups in total. The van der Waals surface area contributed by atoms with Gasteiger partial charge < -0.3 is 14.7 Å². The highest BCUT2D eigenvalue weighted by atomic mass is 16.6. The number of ether oxygens (including phenoxy) is 1. The van der Waals surface area contributed by atoms with Crippen LogP contribution in [0.25, 0.3) is 0 Å². The summed E-state index contributed by atoms with van der Waals surface area (Å²) in [6, 6.07) is 9.74. The lowest BCUT2D eigenvalue weighted by molar-refractivity contribution is 0.0615. The van der Waals surface area contributed by atoms with Crippen molar-refractivity contribution in [2.75, 3.05) is 6.54 Å². The summed E-state index contributed by atoms with van der Waals surface area (Å²) < 4.78 is 5.32. The number of benzene rings is 1. The van der Waals surface area contributed by atoms with E-state index in [0.29, 0.717) is 6.54 Å². The van der Waals surface area contributed by atoms with E-state index >= 15 is 0 Å². The van der Waals surface area contributed by atoms with Gasteiger partial charge in [-0.2, -0.15) is 0 Å². The van der Waals surface area contributed by atoms with Crippen LogP contribution in [0.4, 0.5) is 4.79 Å². The average molecular weight is 263 g/mol. The van der Waals surface area contributed by atoms with Gasteiger partial charge in [0.05, 0.1) is 12.6 Å². The molecule has 1 fully saturated rings. The number of β-amino-alcohol motifs (C(OH)–C–C–N with tert-alkyl or cyclic N) is 1. The SMILES string of the molecule is C[C@@H]1CCC[C@@H](O)CN1C(=O)OCc1ccccc1. The van der Waals surface area contributed by atoms with Crippen molar-refractivity contribution in [1.82, 2.24) is 4.90 Å². The highest BCUT2D eigenvalue weighted by Crippen LogP contribution is 2.18.